The SMILES string of the molecule is COC(=O)CCN(C)C(=O)N[C@@H](Cc1cnc[nH]1)C(=O)O. The first-order chi connectivity index (χ1) is 9.93. The van der Waals surface area contributed by atoms with Gasteiger partial charge in [0.1, 0.15) is 6.04 Å². The van der Waals surface area contributed by atoms with Crippen LogP contribution in [0.25, 0.3) is 0 Å². The molecule has 9 heteroatoms. The average Bonchev–Trinajstić information content (AvgIpc) is 2.96. The number of imidazole rings is 1. The molecule has 0 saturated heterocycles. The van der Waals surface area contributed by atoms with E-state index >= 15 is 0 Å². The fourth-order valence-electron chi connectivity index (χ4n) is 1.54. The summed E-state index contributed by atoms with van der Waals surface area (Å²) < 4.78 is 4.47. The molecule has 0 radical (unpaired) electrons. The van der Waals surface area contributed by atoms with Gasteiger partial charge in [0.15, 0.2) is 0 Å². The Morgan fingerprint density at radius 3 is 2.76 bits per heavy atom. The zero-order chi connectivity index (χ0) is 15.8. The Hall–Kier alpha value is -2.58. The van der Waals surface area contributed by atoms with E-state index in [1.165, 1.54) is 31.6 Å². The highest BCUT2D eigenvalue weighted by molar-refractivity contribution is 5.83. The molecule has 0 saturated carbocycles. The van der Waals surface area contributed by atoms with Crippen molar-refractivity contribution < 1.29 is 24.2 Å². The number of methoxy groups -OCH3 is 1. The number of H-pyrrole nitrogens is 1. The van der Waals surface area contributed by atoms with Gasteiger partial charge in [0.25, 0.3) is 0 Å². The maximum atomic E-state index is 11.9. The lowest BCUT2D eigenvalue weighted by atomic mass is 10.1. The Bertz CT molecular complexity index is 488. The van der Waals surface area contributed by atoms with Crippen LogP contribution < -0.4 is 5.32 Å². The van der Waals surface area contributed by atoms with E-state index in [9.17, 15) is 14.4 Å². The minimum atomic E-state index is -1.15. The summed E-state index contributed by atoms with van der Waals surface area (Å²) in [5, 5.41) is 11.5. The van der Waals surface area contributed by atoms with E-state index < -0.39 is 24.0 Å². The fraction of sp³-hybridized carbons (Fsp3) is 0.500. The summed E-state index contributed by atoms with van der Waals surface area (Å²) >= 11 is 0. The monoisotopic (exact) mass is 298 g/mol. The topological polar surface area (TPSA) is 125 Å². The van der Waals surface area contributed by atoms with Gasteiger partial charge in [-0.15, -0.1) is 0 Å². The lowest BCUT2D eigenvalue weighted by molar-refractivity contribution is -0.141. The molecule has 0 spiro atoms. The molecule has 1 atom stereocenters. The minimum absolute atomic E-state index is 0.0404. The third-order valence-corrected chi connectivity index (χ3v) is 2.80. The molecule has 0 aliphatic rings. The zero-order valence-electron chi connectivity index (χ0n) is 11.8. The van der Waals surface area contributed by atoms with Crippen LogP contribution in [-0.4, -0.2) is 64.7 Å². The molecule has 2 amide bonds. The molecule has 9 nitrogen and oxygen atoms in total. The molecule has 21 heavy (non-hydrogen) atoms. The summed E-state index contributed by atoms with van der Waals surface area (Å²) in [5.41, 5.74) is 0.597. The zero-order valence-corrected chi connectivity index (χ0v) is 11.8. The summed E-state index contributed by atoms with van der Waals surface area (Å²) in [6.45, 7) is 0.134. The second kappa shape index (κ2) is 7.88. The number of carboxylic acid groups (broad SMARTS) is 1. The first-order valence-electron chi connectivity index (χ1n) is 6.22. The number of rotatable bonds is 7. The number of aromatic amines is 1. The van der Waals surface area contributed by atoms with Crippen molar-refractivity contribution in [2.24, 2.45) is 0 Å². The van der Waals surface area contributed by atoms with Crippen molar-refractivity contribution in [3.05, 3.63) is 18.2 Å². The van der Waals surface area contributed by atoms with Gasteiger partial charge < -0.3 is 25.0 Å². The quantitative estimate of drug-likeness (QED) is 0.589. The van der Waals surface area contributed by atoms with E-state index in [1.807, 2.05) is 0 Å². The number of amides is 2. The smallest absolute Gasteiger partial charge is 0.326 e. The van der Waals surface area contributed by atoms with E-state index in [4.69, 9.17) is 5.11 Å². The van der Waals surface area contributed by atoms with Crippen molar-refractivity contribution >= 4 is 18.0 Å². The highest BCUT2D eigenvalue weighted by Crippen LogP contribution is 2.00. The first kappa shape index (κ1) is 16.5. The number of hydrogen-bond acceptors (Lipinski definition) is 5. The Balaban J connectivity index is 2.52. The number of carboxylic acids is 1. The average molecular weight is 298 g/mol. The van der Waals surface area contributed by atoms with Gasteiger partial charge in [0.2, 0.25) is 0 Å². The van der Waals surface area contributed by atoms with Crippen LogP contribution in [0.3, 0.4) is 0 Å². The molecular formula is C12H18N4O5. The second-order valence-corrected chi connectivity index (χ2v) is 4.37. The van der Waals surface area contributed by atoms with E-state index in [0.717, 1.165) is 0 Å². The third-order valence-electron chi connectivity index (χ3n) is 2.80. The molecule has 116 valence electrons. The van der Waals surface area contributed by atoms with Crippen molar-refractivity contribution in [1.82, 2.24) is 20.2 Å². The number of esters is 1. The number of hydrogen-bond donors (Lipinski definition) is 3. The van der Waals surface area contributed by atoms with E-state index in [1.54, 1.807) is 0 Å². The van der Waals surface area contributed by atoms with E-state index in [0.29, 0.717) is 5.69 Å². The normalized spacial score (nSPS) is 11.5. The van der Waals surface area contributed by atoms with Gasteiger partial charge in [-0.2, -0.15) is 0 Å². The maximum Gasteiger partial charge on any atom is 0.326 e. The van der Waals surface area contributed by atoms with E-state index in [-0.39, 0.29) is 19.4 Å². The first-order valence-corrected chi connectivity index (χ1v) is 6.22. The lowest BCUT2D eigenvalue weighted by Gasteiger charge is -2.20. The second-order valence-electron chi connectivity index (χ2n) is 4.37. The van der Waals surface area contributed by atoms with Gasteiger partial charge in [-0.05, 0) is 0 Å². The predicted molar refractivity (Wildman–Crippen MR) is 71.5 cm³/mol. The van der Waals surface area contributed by atoms with Crippen molar-refractivity contribution in [1.29, 1.82) is 0 Å². The molecule has 0 aliphatic heterocycles. The summed E-state index contributed by atoms with van der Waals surface area (Å²) in [6, 6.07) is -1.66. The van der Waals surface area contributed by atoms with Crippen LogP contribution in [0.5, 0.6) is 0 Å². The number of ether oxygens (including phenoxy) is 1. The van der Waals surface area contributed by atoms with Crippen LogP contribution in [0.15, 0.2) is 12.5 Å². The van der Waals surface area contributed by atoms with Gasteiger partial charge >= 0.3 is 18.0 Å². The number of aromatic nitrogens is 2. The maximum absolute atomic E-state index is 11.9. The lowest BCUT2D eigenvalue weighted by Crippen LogP contribution is -2.48. The number of carbonyl (C=O) groups excluding carboxylic acids is 2. The van der Waals surface area contributed by atoms with Gasteiger partial charge in [-0.25, -0.2) is 14.6 Å². The van der Waals surface area contributed by atoms with Crippen molar-refractivity contribution in [2.45, 2.75) is 18.9 Å². The van der Waals surface area contributed by atoms with Gasteiger partial charge in [0, 0.05) is 31.9 Å². The van der Waals surface area contributed by atoms with Crippen molar-refractivity contribution in [3.8, 4) is 0 Å². The minimum Gasteiger partial charge on any atom is -0.480 e. The third kappa shape index (κ3) is 5.51. The molecule has 0 fully saturated rings. The number of nitrogens with zero attached hydrogens (tertiary/aromatic N) is 2. The highest BCUT2D eigenvalue weighted by Gasteiger charge is 2.22. The molecule has 0 bridgehead atoms. The van der Waals surface area contributed by atoms with Crippen LogP contribution in [-0.2, 0) is 20.7 Å². The predicted octanol–water partition coefficient (Wildman–Crippen LogP) is -0.390. The fourth-order valence-corrected chi connectivity index (χ4v) is 1.54. The van der Waals surface area contributed by atoms with Gasteiger partial charge in [-0.3, -0.25) is 4.79 Å². The van der Waals surface area contributed by atoms with Crippen LogP contribution in [0.2, 0.25) is 0 Å². The van der Waals surface area contributed by atoms with Crippen molar-refractivity contribution in [2.75, 3.05) is 20.7 Å². The highest BCUT2D eigenvalue weighted by atomic mass is 16.5. The van der Waals surface area contributed by atoms with Crippen LogP contribution >= 0.6 is 0 Å². The molecule has 1 aromatic heterocycles. The molecule has 1 aromatic rings. The number of aliphatic carboxylic acids is 1. The summed E-state index contributed by atoms with van der Waals surface area (Å²) in [7, 11) is 2.72. The summed E-state index contributed by atoms with van der Waals surface area (Å²) in [4.78, 5) is 41.8. The molecule has 1 rings (SSSR count). The molecule has 3 N–H and O–H groups in total. The Labute approximate surface area is 121 Å². The van der Waals surface area contributed by atoms with Gasteiger partial charge in [-0.1, -0.05) is 0 Å². The molecule has 1 heterocycles. The molecule has 0 aliphatic carbocycles. The van der Waals surface area contributed by atoms with Crippen molar-refractivity contribution in [3.63, 3.8) is 0 Å². The summed E-state index contributed by atoms with van der Waals surface area (Å²) in [5.74, 6) is -1.60. The number of urea groups is 1. The standard InChI is InChI=1S/C12H18N4O5/c1-16(4-3-10(17)21-2)12(20)15-9(11(18)19)5-8-6-13-7-14-8/h6-7,9H,3-5H2,1-2H3,(H,13,14)(H,15,20)(H,18,19)/t9-/m0/s1. The number of carbonyl (C=O) groups is 3. The Morgan fingerprint density at radius 1 is 1.52 bits per heavy atom. The Morgan fingerprint density at radius 2 is 2.24 bits per heavy atom. The molecule has 0 unspecified atom stereocenters. The van der Waals surface area contributed by atoms with Crippen LogP contribution in [0, 0.1) is 0 Å². The van der Waals surface area contributed by atoms with Crippen LogP contribution in [0.4, 0.5) is 4.79 Å². The van der Waals surface area contributed by atoms with Crippen LogP contribution in [0.1, 0.15) is 12.1 Å². The van der Waals surface area contributed by atoms with Gasteiger partial charge in [0.05, 0.1) is 19.9 Å². The Kier molecular flexibility index (Phi) is 6.18. The summed E-state index contributed by atoms with van der Waals surface area (Å²) in [6.07, 6.45) is 3.05. The largest absolute Gasteiger partial charge is 0.480 e. The van der Waals surface area contributed by atoms with E-state index in [2.05, 4.69) is 20.0 Å². The molecular weight excluding hydrogens is 280 g/mol. The number of nitrogens with one attached hydrogen (secondary N) is 2. The molecule has 0 aromatic carbocycles.